The lowest BCUT2D eigenvalue weighted by Crippen LogP contribution is -2.21. The maximum atomic E-state index is 12.4. The number of ketones is 1. The maximum absolute atomic E-state index is 12.4. The van der Waals surface area contributed by atoms with Crippen molar-refractivity contribution in [2.75, 3.05) is 18.9 Å². The van der Waals surface area contributed by atoms with Crippen molar-refractivity contribution in [3.8, 4) is 11.1 Å². The topological polar surface area (TPSA) is 75.1 Å². The maximum Gasteiger partial charge on any atom is 0.178 e. The number of rotatable bonds is 4. The molecule has 0 radical (unpaired) electrons. The normalized spacial score (nSPS) is 18.8. The van der Waals surface area contributed by atoms with E-state index in [0.717, 1.165) is 42.7 Å². The molecule has 0 atom stereocenters. The Morgan fingerprint density at radius 2 is 1.80 bits per heavy atom. The fourth-order valence-electron chi connectivity index (χ4n) is 5.24. The molecule has 5 rings (SSSR count). The van der Waals surface area contributed by atoms with Gasteiger partial charge in [0, 0.05) is 44.0 Å². The molecule has 2 N–H and O–H groups in total. The first kappa shape index (κ1) is 19.4. The molecule has 6 nitrogen and oxygen atoms in total. The van der Waals surface area contributed by atoms with Crippen molar-refractivity contribution < 1.29 is 9.53 Å². The first-order valence-corrected chi connectivity index (χ1v) is 11.2. The van der Waals surface area contributed by atoms with Crippen molar-refractivity contribution >= 4 is 22.5 Å². The van der Waals surface area contributed by atoms with Gasteiger partial charge in [-0.05, 0) is 43.4 Å². The van der Waals surface area contributed by atoms with Gasteiger partial charge in [0.2, 0.25) is 0 Å². The molecule has 2 aromatic heterocycles. The quantitative estimate of drug-likeness (QED) is 0.608. The van der Waals surface area contributed by atoms with Gasteiger partial charge >= 0.3 is 0 Å². The number of nitrogen functional groups attached to an aromatic ring is 1. The first-order valence-electron chi connectivity index (χ1n) is 11.2. The second kappa shape index (κ2) is 7.91. The third kappa shape index (κ3) is 3.33. The van der Waals surface area contributed by atoms with Crippen LogP contribution in [0.3, 0.4) is 0 Å². The Morgan fingerprint density at radius 1 is 1.07 bits per heavy atom. The van der Waals surface area contributed by atoms with E-state index in [9.17, 15) is 4.79 Å². The Hall–Kier alpha value is -2.60. The average Bonchev–Trinajstić information content (AvgIpc) is 3.35. The minimum absolute atomic E-state index is 0.00731. The summed E-state index contributed by atoms with van der Waals surface area (Å²) in [6.07, 6.45) is 12.3. The van der Waals surface area contributed by atoms with E-state index in [2.05, 4.69) is 33.5 Å². The number of fused-ring (bicyclic) bond motifs is 1. The third-order valence-corrected chi connectivity index (χ3v) is 6.84. The van der Waals surface area contributed by atoms with Crippen LogP contribution in [0.5, 0.6) is 0 Å². The number of benzene rings is 1. The van der Waals surface area contributed by atoms with Crippen molar-refractivity contribution in [3.63, 3.8) is 0 Å². The lowest BCUT2D eigenvalue weighted by Gasteiger charge is -2.25. The number of anilines is 1. The van der Waals surface area contributed by atoms with Crippen LogP contribution in [0.25, 0.3) is 22.2 Å². The van der Waals surface area contributed by atoms with Crippen LogP contribution in [0.1, 0.15) is 74.4 Å². The average molecular weight is 407 g/mol. The number of carbonyl (C=O) groups is 1. The lowest BCUT2D eigenvalue weighted by molar-refractivity contribution is 0.0682. The highest BCUT2D eigenvalue weighted by molar-refractivity contribution is 6.02. The predicted molar refractivity (Wildman–Crippen MR) is 119 cm³/mol. The number of Topliss-reactive ketones (excluding diaryl/α,β-unsaturated/α-hetero) is 1. The highest BCUT2D eigenvalue weighted by atomic mass is 16.5. The van der Waals surface area contributed by atoms with Crippen LogP contribution in [-0.4, -0.2) is 33.1 Å². The van der Waals surface area contributed by atoms with E-state index < -0.39 is 0 Å². The Balaban J connectivity index is 1.54. The summed E-state index contributed by atoms with van der Waals surface area (Å²) in [5, 5.41) is 0. The molecular formula is C24H30N4O2. The van der Waals surface area contributed by atoms with Gasteiger partial charge in [-0.2, -0.15) is 0 Å². The molecule has 1 aromatic carbocycles. The van der Waals surface area contributed by atoms with Crippen molar-refractivity contribution in [2.45, 2.75) is 64.0 Å². The van der Waals surface area contributed by atoms with Crippen molar-refractivity contribution in [3.05, 3.63) is 36.4 Å². The Bertz CT molecular complexity index is 1070. The second-order valence-electron chi connectivity index (χ2n) is 8.76. The molecular weight excluding hydrogens is 376 g/mol. The molecule has 158 valence electrons. The van der Waals surface area contributed by atoms with Crippen LogP contribution < -0.4 is 5.73 Å². The minimum Gasteiger partial charge on any atom is -0.396 e. The lowest BCUT2D eigenvalue weighted by atomic mass is 9.95. The highest BCUT2D eigenvalue weighted by Gasteiger charge is 2.25. The number of imidazole rings is 1. The zero-order chi connectivity index (χ0) is 20.7. The van der Waals surface area contributed by atoms with Gasteiger partial charge in [-0.1, -0.05) is 25.3 Å². The van der Waals surface area contributed by atoms with Gasteiger partial charge in [-0.3, -0.25) is 4.79 Å². The van der Waals surface area contributed by atoms with Crippen LogP contribution in [0.15, 0.2) is 30.7 Å². The van der Waals surface area contributed by atoms with E-state index in [1.807, 2.05) is 6.33 Å². The van der Waals surface area contributed by atoms with Gasteiger partial charge in [-0.15, -0.1) is 0 Å². The van der Waals surface area contributed by atoms with Crippen molar-refractivity contribution in [2.24, 2.45) is 0 Å². The number of carbonyl (C=O) groups excluding carboxylic acids is 1. The second-order valence-corrected chi connectivity index (χ2v) is 8.76. The Labute approximate surface area is 177 Å². The molecule has 0 bridgehead atoms. The van der Waals surface area contributed by atoms with Gasteiger partial charge in [-0.25, -0.2) is 4.98 Å². The van der Waals surface area contributed by atoms with Gasteiger partial charge in [0.15, 0.2) is 5.78 Å². The highest BCUT2D eigenvalue weighted by Crippen LogP contribution is 2.37. The molecule has 0 amide bonds. The number of aromatic nitrogens is 3. The van der Waals surface area contributed by atoms with Gasteiger partial charge in [0.05, 0.1) is 23.0 Å². The summed E-state index contributed by atoms with van der Waals surface area (Å²) >= 11 is 0. The zero-order valence-electron chi connectivity index (χ0n) is 17.6. The largest absolute Gasteiger partial charge is 0.396 e. The van der Waals surface area contributed by atoms with Gasteiger partial charge < -0.3 is 19.6 Å². The number of nitrogens with two attached hydrogens (primary N) is 1. The number of nitrogens with zero attached hydrogens (tertiary/aromatic N) is 3. The summed E-state index contributed by atoms with van der Waals surface area (Å²) in [7, 11) is 0. The monoisotopic (exact) mass is 406 g/mol. The SMILES string of the molecule is CC(=O)c1c(N)c(-c2ccc3c(c2)ncn3C2CCCCC2)cn1C1CCOCC1. The minimum atomic E-state index is 0.00731. The smallest absolute Gasteiger partial charge is 0.178 e. The van der Waals surface area contributed by atoms with Crippen LogP contribution in [0, 0.1) is 0 Å². The molecule has 6 heteroatoms. The van der Waals surface area contributed by atoms with E-state index in [1.54, 1.807) is 6.92 Å². The number of ether oxygens (including phenoxy) is 1. The van der Waals surface area contributed by atoms with Crippen LogP contribution >= 0.6 is 0 Å². The Morgan fingerprint density at radius 3 is 2.53 bits per heavy atom. The van der Waals surface area contributed by atoms with E-state index in [-0.39, 0.29) is 11.8 Å². The molecule has 3 heterocycles. The molecule has 0 spiro atoms. The molecule has 1 saturated heterocycles. The van der Waals surface area contributed by atoms with Crippen LogP contribution in [-0.2, 0) is 4.74 Å². The summed E-state index contributed by atoms with van der Waals surface area (Å²) < 4.78 is 9.93. The molecule has 1 aliphatic carbocycles. The molecule has 1 saturated carbocycles. The van der Waals surface area contributed by atoms with E-state index in [1.165, 1.54) is 37.6 Å². The molecule has 2 fully saturated rings. The summed E-state index contributed by atoms with van der Waals surface area (Å²) in [4.78, 5) is 17.1. The van der Waals surface area contributed by atoms with E-state index in [4.69, 9.17) is 15.5 Å². The Kier molecular flexibility index (Phi) is 5.11. The van der Waals surface area contributed by atoms with Crippen molar-refractivity contribution in [1.82, 2.24) is 14.1 Å². The molecule has 0 unspecified atom stereocenters. The first-order chi connectivity index (χ1) is 14.6. The van der Waals surface area contributed by atoms with Gasteiger partial charge in [0.25, 0.3) is 0 Å². The summed E-state index contributed by atoms with van der Waals surface area (Å²) in [5.74, 6) is 0.00731. The van der Waals surface area contributed by atoms with Crippen molar-refractivity contribution in [1.29, 1.82) is 0 Å². The standard InChI is InChI=1S/C24H30N4O2/c1-16(29)24-23(25)20(14-27(24)19-9-11-30-12-10-19)17-7-8-22-21(13-17)26-15-28(22)18-5-3-2-4-6-18/h7-8,13-15,18-19H,2-6,9-12,25H2,1H3. The summed E-state index contributed by atoms with van der Waals surface area (Å²) in [6, 6.07) is 7.19. The van der Waals surface area contributed by atoms with E-state index >= 15 is 0 Å². The predicted octanol–water partition coefficient (Wildman–Crippen LogP) is 5.15. The summed E-state index contributed by atoms with van der Waals surface area (Å²) in [6.45, 7) is 3.04. The van der Waals surface area contributed by atoms with Gasteiger partial charge in [0.1, 0.15) is 5.69 Å². The number of hydrogen-bond acceptors (Lipinski definition) is 4. The number of hydrogen-bond donors (Lipinski definition) is 1. The van der Waals surface area contributed by atoms with Crippen LogP contribution in [0.2, 0.25) is 0 Å². The zero-order valence-corrected chi connectivity index (χ0v) is 17.6. The van der Waals surface area contributed by atoms with Crippen LogP contribution in [0.4, 0.5) is 5.69 Å². The third-order valence-electron chi connectivity index (χ3n) is 6.84. The fourth-order valence-corrected chi connectivity index (χ4v) is 5.24. The molecule has 2 aliphatic rings. The van der Waals surface area contributed by atoms with E-state index in [0.29, 0.717) is 17.4 Å². The summed E-state index contributed by atoms with van der Waals surface area (Å²) in [5.41, 5.74) is 11.8. The molecule has 3 aromatic rings. The molecule has 1 aliphatic heterocycles. The molecule has 30 heavy (non-hydrogen) atoms. The fraction of sp³-hybridized carbons (Fsp3) is 0.500.